The van der Waals surface area contributed by atoms with E-state index in [2.05, 4.69) is 0 Å². The Morgan fingerprint density at radius 2 is 0.500 bits per heavy atom. The van der Waals surface area contributed by atoms with Crippen molar-refractivity contribution < 1.29 is 65.5 Å². The molecule has 0 aromatic carbocycles. The van der Waals surface area contributed by atoms with Crippen LogP contribution in [-0.2, 0) is 54.6 Å². The zero-order chi connectivity index (χ0) is 0. The van der Waals surface area contributed by atoms with E-state index in [0.29, 0.717) is 0 Å². The van der Waals surface area contributed by atoms with E-state index in [9.17, 15) is 0 Å². The Morgan fingerprint density at radius 1 is 0.500 bits per heavy atom. The fraction of sp³-hybridized carbons (Fsp3) is 0. The van der Waals surface area contributed by atoms with E-state index >= 15 is 0 Å². The van der Waals surface area contributed by atoms with Gasteiger partial charge in [-0.15, -0.1) is 0 Å². The predicted octanol–water partition coefficient (Wildman–Crippen LogP) is -1.65. The summed E-state index contributed by atoms with van der Waals surface area (Å²) in [5.74, 6) is 0. The largest absolute Gasteiger partial charge is 0.412 e. The van der Waals surface area contributed by atoms with Crippen LogP contribution in [0.2, 0.25) is 0 Å². The molecule has 0 spiro atoms. The van der Waals surface area contributed by atoms with E-state index in [4.69, 9.17) is 0 Å². The van der Waals surface area contributed by atoms with E-state index < -0.39 is 0 Å². The molecule has 4 heavy (non-hydrogen) atoms. The Bertz CT molecular complexity index is 4.00. The molecule has 0 aliphatic heterocycles. The van der Waals surface area contributed by atoms with Crippen LogP contribution >= 0.6 is 0 Å². The van der Waals surface area contributed by atoms with Crippen molar-refractivity contribution in [1.82, 2.24) is 0 Å². The van der Waals surface area contributed by atoms with E-state index in [1.807, 2.05) is 0 Å². The molecule has 0 aromatic rings. The van der Waals surface area contributed by atoms with E-state index in [-0.39, 0.29) is 65.5 Å². The quantitative estimate of drug-likeness (QED) is 0.469. The smallest absolute Gasteiger partial charge is 0 e. The van der Waals surface area contributed by atoms with Crippen molar-refractivity contribution in [2.45, 2.75) is 0 Å². The Balaban J connectivity index is 0. The SMILES string of the molecule is O.O.[Cd].[Cd]. The van der Waals surface area contributed by atoms with Gasteiger partial charge in [-0.05, 0) is 0 Å². The Morgan fingerprint density at radius 3 is 0.500 bits per heavy atom. The summed E-state index contributed by atoms with van der Waals surface area (Å²) in [5.41, 5.74) is 0. The Hall–Kier alpha value is 1.76. The fourth-order valence-corrected chi connectivity index (χ4v) is 0. The second-order valence-electron chi connectivity index (χ2n) is 0. The first-order valence-corrected chi connectivity index (χ1v) is 0. The molecule has 0 aliphatic carbocycles. The van der Waals surface area contributed by atoms with E-state index in [1.165, 1.54) is 0 Å². The summed E-state index contributed by atoms with van der Waals surface area (Å²) < 4.78 is 0. The molecule has 0 radical (unpaired) electrons. The topological polar surface area (TPSA) is 63.0 Å². The van der Waals surface area contributed by atoms with Gasteiger partial charge in [-0.25, -0.2) is 0 Å². The van der Waals surface area contributed by atoms with Gasteiger partial charge in [-0.1, -0.05) is 0 Å². The van der Waals surface area contributed by atoms with Crippen LogP contribution in [-0.4, -0.2) is 11.0 Å². The van der Waals surface area contributed by atoms with Gasteiger partial charge in [-0.2, -0.15) is 0 Å². The summed E-state index contributed by atoms with van der Waals surface area (Å²) in [4.78, 5) is 0. The molecule has 0 rings (SSSR count). The minimum absolute atomic E-state index is 0. The monoisotopic (exact) mass is 264 g/mol. The Labute approximate surface area is 64.9 Å². The summed E-state index contributed by atoms with van der Waals surface area (Å²) in [5, 5.41) is 0. The molecule has 0 aliphatic rings. The first kappa shape index (κ1) is 42.0. The van der Waals surface area contributed by atoms with Gasteiger partial charge in [-0.3, -0.25) is 0 Å². The molecule has 0 saturated heterocycles. The molecular formula is H4Cd2O2. The summed E-state index contributed by atoms with van der Waals surface area (Å²) in [6.45, 7) is 0. The van der Waals surface area contributed by atoms with Crippen LogP contribution in [0.25, 0.3) is 0 Å². The normalized spacial score (nSPS) is 0. The number of rotatable bonds is 0. The zero-order valence-corrected chi connectivity index (χ0v) is 10.5. The molecule has 0 atom stereocenters. The van der Waals surface area contributed by atoms with Crippen LogP contribution in [0.3, 0.4) is 0 Å². The van der Waals surface area contributed by atoms with Gasteiger partial charge in [0.15, 0.2) is 0 Å². The van der Waals surface area contributed by atoms with Crippen molar-refractivity contribution in [3.8, 4) is 0 Å². The second-order valence-corrected chi connectivity index (χ2v) is 0. The van der Waals surface area contributed by atoms with Crippen molar-refractivity contribution >= 4 is 0 Å². The summed E-state index contributed by atoms with van der Waals surface area (Å²) in [6.07, 6.45) is 0. The maximum Gasteiger partial charge on any atom is 0 e. The molecule has 0 bridgehead atoms. The third kappa shape index (κ3) is 9.24. The maximum absolute atomic E-state index is 0. The molecule has 0 aromatic heterocycles. The molecule has 0 amide bonds. The predicted molar refractivity (Wildman–Crippen MR) is 7.23 cm³/mol. The van der Waals surface area contributed by atoms with E-state index in [1.54, 1.807) is 0 Å². The zero-order valence-electron chi connectivity index (χ0n) is 2.41. The van der Waals surface area contributed by atoms with Gasteiger partial charge >= 0.3 is 0 Å². The Kier molecular flexibility index (Phi) is 228. The summed E-state index contributed by atoms with van der Waals surface area (Å²) in [7, 11) is 0. The molecule has 0 unspecified atom stereocenters. The van der Waals surface area contributed by atoms with Gasteiger partial charge in [0.2, 0.25) is 0 Å². The minimum Gasteiger partial charge on any atom is -0.412 e. The van der Waals surface area contributed by atoms with Gasteiger partial charge in [0.25, 0.3) is 0 Å². The van der Waals surface area contributed by atoms with Crippen molar-refractivity contribution in [2.75, 3.05) is 0 Å². The number of hydrogen-bond donors (Lipinski definition) is 0. The summed E-state index contributed by atoms with van der Waals surface area (Å²) >= 11 is 0. The first-order valence-electron chi connectivity index (χ1n) is 0. The average molecular weight is 261 g/mol. The second kappa shape index (κ2) is 21.7. The van der Waals surface area contributed by atoms with Crippen molar-refractivity contribution in [3.63, 3.8) is 0 Å². The van der Waals surface area contributed by atoms with Gasteiger partial charge in [0.05, 0.1) is 0 Å². The minimum atomic E-state index is 0. The van der Waals surface area contributed by atoms with Crippen molar-refractivity contribution in [2.24, 2.45) is 0 Å². The third-order valence-electron chi connectivity index (χ3n) is 0. The van der Waals surface area contributed by atoms with Crippen LogP contribution in [0, 0.1) is 0 Å². The van der Waals surface area contributed by atoms with Gasteiger partial charge in [0, 0.05) is 54.6 Å². The van der Waals surface area contributed by atoms with Crippen LogP contribution in [0.15, 0.2) is 0 Å². The molecule has 0 saturated carbocycles. The molecule has 20 valence electrons. The van der Waals surface area contributed by atoms with Crippen molar-refractivity contribution in [1.29, 1.82) is 0 Å². The third-order valence-corrected chi connectivity index (χ3v) is 0. The molecule has 4 N–H and O–H groups in total. The average Bonchev–Trinajstić information content (AvgIpc) is 0. The van der Waals surface area contributed by atoms with Crippen LogP contribution < -0.4 is 0 Å². The summed E-state index contributed by atoms with van der Waals surface area (Å²) in [6, 6.07) is 0. The fourth-order valence-electron chi connectivity index (χ4n) is 0. The molecular weight excluding hydrogens is 257 g/mol. The van der Waals surface area contributed by atoms with Crippen LogP contribution in [0.1, 0.15) is 0 Å². The number of hydrogen-bond acceptors (Lipinski definition) is 0. The van der Waals surface area contributed by atoms with E-state index in [0.717, 1.165) is 0 Å². The molecule has 0 fully saturated rings. The van der Waals surface area contributed by atoms with Gasteiger partial charge < -0.3 is 11.0 Å². The standard InChI is InChI=1S/2Cd.2H2O/h;;2*1H2. The van der Waals surface area contributed by atoms with Gasteiger partial charge in [0.1, 0.15) is 0 Å². The van der Waals surface area contributed by atoms with Crippen molar-refractivity contribution in [3.05, 3.63) is 0 Å². The first-order chi connectivity index (χ1) is 0. The molecule has 2 nitrogen and oxygen atoms in total. The maximum atomic E-state index is 0. The molecule has 0 heterocycles. The molecule has 4 heteroatoms. The van der Waals surface area contributed by atoms with Crippen LogP contribution in [0.4, 0.5) is 0 Å². The van der Waals surface area contributed by atoms with Crippen LogP contribution in [0.5, 0.6) is 0 Å².